The fourth-order valence-electron chi connectivity index (χ4n) is 1.95. The zero-order valence-corrected chi connectivity index (χ0v) is 11.8. The molecule has 21 heavy (non-hydrogen) atoms. The fourth-order valence-corrected chi connectivity index (χ4v) is 3.55. The highest BCUT2D eigenvalue weighted by molar-refractivity contribution is 7.91. The van der Waals surface area contributed by atoms with Crippen molar-refractivity contribution in [2.24, 2.45) is 0 Å². The number of anilines is 1. The summed E-state index contributed by atoms with van der Waals surface area (Å²) in [5.41, 5.74) is 4.60. The van der Waals surface area contributed by atoms with Crippen molar-refractivity contribution in [2.45, 2.75) is 22.9 Å². The first-order valence-corrected chi connectivity index (χ1v) is 7.40. The Balaban J connectivity index is 2.60. The molecule has 0 aliphatic rings. The third kappa shape index (κ3) is 2.87. The zero-order chi connectivity index (χ0) is 15.8. The molecular weight excluding hydrogens is 303 g/mol. The largest absolute Gasteiger partial charge is 0.416 e. The molecule has 0 bridgehead atoms. The van der Waals surface area contributed by atoms with Crippen LogP contribution in [0.1, 0.15) is 11.1 Å². The molecule has 112 valence electrons. The van der Waals surface area contributed by atoms with Crippen molar-refractivity contribution >= 4 is 15.5 Å². The molecule has 0 saturated heterocycles. The Labute approximate surface area is 120 Å². The van der Waals surface area contributed by atoms with Crippen molar-refractivity contribution in [3.05, 3.63) is 53.6 Å². The smallest absolute Gasteiger partial charge is 0.398 e. The van der Waals surface area contributed by atoms with Gasteiger partial charge in [0.1, 0.15) is 0 Å². The summed E-state index contributed by atoms with van der Waals surface area (Å²) in [4.78, 5) is -0.304. The normalized spacial score (nSPS) is 12.4. The molecule has 0 radical (unpaired) electrons. The van der Waals surface area contributed by atoms with Gasteiger partial charge in [-0.05, 0) is 36.8 Å². The van der Waals surface area contributed by atoms with Gasteiger partial charge in [-0.3, -0.25) is 0 Å². The van der Waals surface area contributed by atoms with E-state index in [-0.39, 0.29) is 9.79 Å². The molecule has 0 amide bonds. The molecular formula is C14H12F3NO2S. The van der Waals surface area contributed by atoms with E-state index in [2.05, 4.69) is 0 Å². The predicted molar refractivity (Wildman–Crippen MR) is 72.5 cm³/mol. The third-order valence-corrected chi connectivity index (χ3v) is 5.00. The van der Waals surface area contributed by atoms with Crippen LogP contribution in [0.4, 0.5) is 18.9 Å². The van der Waals surface area contributed by atoms with Gasteiger partial charge in [-0.25, -0.2) is 8.42 Å². The number of nitrogens with two attached hydrogens (primary N) is 1. The molecule has 2 aromatic rings. The summed E-state index contributed by atoms with van der Waals surface area (Å²) in [7, 11) is -3.95. The Morgan fingerprint density at radius 3 is 2.14 bits per heavy atom. The Morgan fingerprint density at radius 1 is 1.00 bits per heavy atom. The second-order valence-corrected chi connectivity index (χ2v) is 6.41. The van der Waals surface area contributed by atoms with Crippen molar-refractivity contribution in [2.75, 3.05) is 5.73 Å². The quantitative estimate of drug-likeness (QED) is 0.864. The van der Waals surface area contributed by atoms with Crippen LogP contribution in [0.3, 0.4) is 0 Å². The van der Waals surface area contributed by atoms with E-state index in [1.165, 1.54) is 6.07 Å². The number of aryl methyl sites for hydroxylation is 1. The standard InChI is InChI=1S/C14H12F3NO2S/c1-9-4-2-3-5-12(9)21(19,20)13-7-6-10(8-11(13)18)14(15,16)17/h2-8H,18H2,1H3. The number of halogens is 3. The molecule has 2 aromatic carbocycles. The molecule has 0 spiro atoms. The molecule has 0 atom stereocenters. The Morgan fingerprint density at radius 2 is 1.62 bits per heavy atom. The van der Waals surface area contributed by atoms with E-state index in [1.54, 1.807) is 25.1 Å². The second-order valence-electron chi connectivity index (χ2n) is 4.52. The van der Waals surface area contributed by atoms with Crippen LogP contribution >= 0.6 is 0 Å². The molecule has 2 N–H and O–H groups in total. The van der Waals surface area contributed by atoms with Crippen LogP contribution < -0.4 is 5.73 Å². The highest BCUT2D eigenvalue weighted by atomic mass is 32.2. The monoisotopic (exact) mass is 315 g/mol. The summed E-state index contributed by atoms with van der Waals surface area (Å²) in [6, 6.07) is 8.44. The van der Waals surface area contributed by atoms with Gasteiger partial charge < -0.3 is 5.73 Å². The first-order valence-electron chi connectivity index (χ1n) is 5.91. The van der Waals surface area contributed by atoms with Gasteiger partial charge in [0.25, 0.3) is 0 Å². The maximum absolute atomic E-state index is 12.6. The number of benzene rings is 2. The molecule has 0 saturated carbocycles. The van der Waals surface area contributed by atoms with Crippen LogP contribution in [0.5, 0.6) is 0 Å². The van der Waals surface area contributed by atoms with E-state index in [4.69, 9.17) is 5.73 Å². The van der Waals surface area contributed by atoms with Gasteiger partial charge in [0, 0.05) is 0 Å². The maximum Gasteiger partial charge on any atom is 0.416 e. The summed E-state index contributed by atoms with van der Waals surface area (Å²) in [6.07, 6.45) is -4.57. The summed E-state index contributed by atoms with van der Waals surface area (Å²) in [6.45, 7) is 1.60. The zero-order valence-electron chi connectivity index (χ0n) is 11.0. The first-order chi connectivity index (χ1) is 9.64. The second kappa shape index (κ2) is 5.07. The molecule has 2 rings (SSSR count). The SMILES string of the molecule is Cc1ccccc1S(=O)(=O)c1ccc(C(F)(F)F)cc1N. The number of nitrogen functional groups attached to an aromatic ring is 1. The van der Waals surface area contributed by atoms with Crippen molar-refractivity contribution in [3.63, 3.8) is 0 Å². The van der Waals surface area contributed by atoms with Crippen LogP contribution in [-0.2, 0) is 16.0 Å². The van der Waals surface area contributed by atoms with E-state index < -0.39 is 27.3 Å². The van der Waals surface area contributed by atoms with Gasteiger partial charge in [-0.15, -0.1) is 0 Å². The van der Waals surface area contributed by atoms with Crippen molar-refractivity contribution in [1.29, 1.82) is 0 Å². The minimum Gasteiger partial charge on any atom is -0.398 e. The van der Waals surface area contributed by atoms with Crippen LogP contribution in [0.2, 0.25) is 0 Å². The molecule has 0 aliphatic heterocycles. The Kier molecular flexibility index (Phi) is 3.71. The van der Waals surface area contributed by atoms with Gasteiger partial charge in [-0.2, -0.15) is 13.2 Å². The summed E-state index contributed by atoms with van der Waals surface area (Å²) < 4.78 is 62.7. The average molecular weight is 315 g/mol. The van der Waals surface area contributed by atoms with Crippen LogP contribution in [-0.4, -0.2) is 8.42 Å². The molecule has 0 heterocycles. The fraction of sp³-hybridized carbons (Fsp3) is 0.143. The van der Waals surface area contributed by atoms with Crippen LogP contribution in [0, 0.1) is 6.92 Å². The predicted octanol–water partition coefficient (Wildman–Crippen LogP) is 3.43. The van der Waals surface area contributed by atoms with Gasteiger partial charge in [0.2, 0.25) is 9.84 Å². The van der Waals surface area contributed by atoms with Crippen LogP contribution in [0.15, 0.2) is 52.3 Å². The van der Waals surface area contributed by atoms with Crippen molar-refractivity contribution in [1.82, 2.24) is 0 Å². The molecule has 0 aliphatic carbocycles. The Hall–Kier alpha value is -2.02. The average Bonchev–Trinajstić information content (AvgIpc) is 2.37. The molecule has 3 nitrogen and oxygen atoms in total. The summed E-state index contributed by atoms with van der Waals surface area (Å²) in [5.74, 6) is 0. The molecule has 0 aromatic heterocycles. The molecule has 0 unspecified atom stereocenters. The molecule has 0 fully saturated rings. The number of hydrogen-bond donors (Lipinski definition) is 1. The topological polar surface area (TPSA) is 60.2 Å². The summed E-state index contributed by atoms with van der Waals surface area (Å²) >= 11 is 0. The number of rotatable bonds is 2. The Bertz CT molecular complexity index is 783. The third-order valence-electron chi connectivity index (χ3n) is 3.01. The van der Waals surface area contributed by atoms with Gasteiger partial charge in [0.15, 0.2) is 0 Å². The van der Waals surface area contributed by atoms with E-state index in [9.17, 15) is 21.6 Å². The highest BCUT2D eigenvalue weighted by Crippen LogP contribution is 2.34. The van der Waals surface area contributed by atoms with Crippen molar-refractivity contribution in [3.8, 4) is 0 Å². The van der Waals surface area contributed by atoms with Crippen LogP contribution in [0.25, 0.3) is 0 Å². The lowest BCUT2D eigenvalue weighted by molar-refractivity contribution is -0.137. The van der Waals surface area contributed by atoms with Gasteiger partial charge in [0.05, 0.1) is 21.0 Å². The van der Waals surface area contributed by atoms with Crippen molar-refractivity contribution < 1.29 is 21.6 Å². The number of hydrogen-bond acceptors (Lipinski definition) is 3. The lowest BCUT2D eigenvalue weighted by Gasteiger charge is -2.12. The maximum atomic E-state index is 12.6. The first kappa shape index (κ1) is 15.4. The van der Waals surface area contributed by atoms with E-state index in [0.717, 1.165) is 6.07 Å². The number of alkyl halides is 3. The van der Waals surface area contributed by atoms with E-state index in [1.807, 2.05) is 0 Å². The highest BCUT2D eigenvalue weighted by Gasteiger charge is 2.32. The minimum absolute atomic E-state index is 0.0245. The molecule has 7 heteroatoms. The van der Waals surface area contributed by atoms with E-state index >= 15 is 0 Å². The summed E-state index contributed by atoms with van der Waals surface area (Å²) in [5, 5.41) is 0. The van der Waals surface area contributed by atoms with E-state index in [0.29, 0.717) is 17.7 Å². The van der Waals surface area contributed by atoms with Gasteiger partial charge in [-0.1, -0.05) is 18.2 Å². The minimum atomic E-state index is -4.57. The number of sulfone groups is 1. The van der Waals surface area contributed by atoms with Gasteiger partial charge >= 0.3 is 6.18 Å². The lowest BCUT2D eigenvalue weighted by Crippen LogP contribution is -2.10. The lowest BCUT2D eigenvalue weighted by atomic mass is 10.2.